The van der Waals surface area contributed by atoms with Gasteiger partial charge in [0.25, 0.3) is 0 Å². The molecule has 3 rings (SSSR count). The molecule has 4 unspecified atom stereocenters. The van der Waals surface area contributed by atoms with E-state index in [-0.39, 0.29) is 0 Å². The maximum Gasteiger partial charge on any atom is 0.0700 e. The van der Waals surface area contributed by atoms with Crippen LogP contribution in [0.2, 0.25) is 0 Å². The summed E-state index contributed by atoms with van der Waals surface area (Å²) in [5.74, 6) is 0.695. The fraction of sp³-hybridized carbons (Fsp3) is 0.600. The molecule has 92 valence electrons. The van der Waals surface area contributed by atoms with Crippen molar-refractivity contribution in [1.29, 1.82) is 0 Å². The van der Waals surface area contributed by atoms with Crippen molar-refractivity contribution < 1.29 is 4.74 Å². The number of ether oxygens (including phenoxy) is 1. The lowest BCUT2D eigenvalue weighted by molar-refractivity contribution is 0.109. The first kappa shape index (κ1) is 11.2. The molecule has 1 aromatic rings. The maximum absolute atomic E-state index is 5.64. The molecule has 1 aliphatic carbocycles. The van der Waals surface area contributed by atoms with E-state index in [1.54, 1.807) is 0 Å². The predicted molar refractivity (Wildman–Crippen MR) is 69.0 cm³/mol. The normalized spacial score (nSPS) is 36.1. The third-order valence-electron chi connectivity index (χ3n) is 4.27. The van der Waals surface area contributed by atoms with Gasteiger partial charge in [0, 0.05) is 18.7 Å². The molecule has 1 saturated heterocycles. The highest BCUT2D eigenvalue weighted by molar-refractivity contribution is 5.35. The first-order chi connectivity index (χ1) is 8.25. The Balaban J connectivity index is 1.79. The van der Waals surface area contributed by atoms with Crippen LogP contribution in [0, 0.1) is 5.92 Å². The zero-order chi connectivity index (χ0) is 11.8. The van der Waals surface area contributed by atoms with Crippen molar-refractivity contribution in [2.24, 2.45) is 5.92 Å². The molecule has 0 saturated carbocycles. The van der Waals surface area contributed by atoms with Crippen LogP contribution in [-0.4, -0.2) is 18.8 Å². The van der Waals surface area contributed by atoms with Crippen molar-refractivity contribution >= 4 is 0 Å². The molecule has 1 N–H and O–H groups in total. The van der Waals surface area contributed by atoms with Crippen molar-refractivity contribution in [2.75, 3.05) is 6.61 Å². The second kappa shape index (κ2) is 4.43. The van der Waals surface area contributed by atoms with E-state index in [9.17, 15) is 0 Å². The minimum Gasteiger partial charge on any atom is -0.377 e. The average Bonchev–Trinajstić information content (AvgIpc) is 2.85. The van der Waals surface area contributed by atoms with Gasteiger partial charge in [0.1, 0.15) is 0 Å². The Bertz CT molecular complexity index is 404. The third kappa shape index (κ3) is 2.00. The third-order valence-corrected chi connectivity index (χ3v) is 4.27. The summed E-state index contributed by atoms with van der Waals surface area (Å²) in [6.07, 6.45) is 2.71. The molecule has 17 heavy (non-hydrogen) atoms. The molecular formula is C15H21NO. The summed E-state index contributed by atoms with van der Waals surface area (Å²) in [5, 5.41) is 3.81. The van der Waals surface area contributed by atoms with Crippen molar-refractivity contribution in [3.05, 3.63) is 35.4 Å². The molecule has 0 spiro atoms. The quantitative estimate of drug-likeness (QED) is 0.845. The minimum atomic E-state index is 0.356. The molecular weight excluding hydrogens is 210 g/mol. The van der Waals surface area contributed by atoms with Crippen LogP contribution < -0.4 is 5.32 Å². The molecule has 1 aliphatic heterocycles. The Labute approximate surface area is 103 Å². The zero-order valence-corrected chi connectivity index (χ0v) is 10.6. The van der Waals surface area contributed by atoms with Gasteiger partial charge < -0.3 is 10.1 Å². The van der Waals surface area contributed by atoms with E-state index < -0.39 is 0 Å². The van der Waals surface area contributed by atoms with Crippen molar-refractivity contribution in [1.82, 2.24) is 5.32 Å². The lowest BCUT2D eigenvalue weighted by Crippen LogP contribution is -2.38. The highest BCUT2D eigenvalue weighted by Gasteiger charge is 2.33. The van der Waals surface area contributed by atoms with Crippen LogP contribution in [0.5, 0.6) is 0 Å². The number of fused-ring (bicyclic) bond motifs is 1. The van der Waals surface area contributed by atoms with Gasteiger partial charge >= 0.3 is 0 Å². The van der Waals surface area contributed by atoms with Gasteiger partial charge in [-0.05, 0) is 36.8 Å². The molecule has 1 fully saturated rings. The van der Waals surface area contributed by atoms with Crippen LogP contribution in [0.4, 0.5) is 0 Å². The summed E-state index contributed by atoms with van der Waals surface area (Å²) < 4.78 is 5.64. The number of hydrogen-bond donors (Lipinski definition) is 1. The van der Waals surface area contributed by atoms with Crippen LogP contribution in [0.25, 0.3) is 0 Å². The summed E-state index contributed by atoms with van der Waals surface area (Å²) in [4.78, 5) is 0. The second-order valence-electron chi connectivity index (χ2n) is 5.50. The molecule has 4 atom stereocenters. The van der Waals surface area contributed by atoms with Gasteiger partial charge in [-0.3, -0.25) is 0 Å². The summed E-state index contributed by atoms with van der Waals surface area (Å²) >= 11 is 0. The van der Waals surface area contributed by atoms with E-state index in [0.717, 1.165) is 13.0 Å². The van der Waals surface area contributed by atoms with Gasteiger partial charge in [-0.15, -0.1) is 0 Å². The summed E-state index contributed by atoms with van der Waals surface area (Å²) in [5.41, 5.74) is 3.02. The predicted octanol–water partition coefficient (Wildman–Crippen LogP) is 2.69. The van der Waals surface area contributed by atoms with Crippen molar-refractivity contribution in [2.45, 2.75) is 44.9 Å². The van der Waals surface area contributed by atoms with Gasteiger partial charge in [-0.1, -0.05) is 31.2 Å². The Morgan fingerprint density at radius 2 is 2.06 bits per heavy atom. The fourth-order valence-electron chi connectivity index (χ4n) is 3.23. The lowest BCUT2D eigenvalue weighted by atomic mass is 10.00. The number of hydrogen-bond acceptors (Lipinski definition) is 2. The maximum atomic E-state index is 5.64. The van der Waals surface area contributed by atoms with Crippen LogP contribution in [0.15, 0.2) is 24.3 Å². The van der Waals surface area contributed by atoms with E-state index >= 15 is 0 Å². The highest BCUT2D eigenvalue weighted by atomic mass is 16.5. The minimum absolute atomic E-state index is 0.356. The van der Waals surface area contributed by atoms with E-state index in [1.807, 2.05) is 0 Å². The summed E-state index contributed by atoms with van der Waals surface area (Å²) in [7, 11) is 0. The zero-order valence-electron chi connectivity index (χ0n) is 10.6. The summed E-state index contributed by atoms with van der Waals surface area (Å²) in [6.45, 7) is 5.43. The molecule has 2 heteroatoms. The average molecular weight is 231 g/mol. The van der Waals surface area contributed by atoms with Gasteiger partial charge in [0.15, 0.2) is 0 Å². The van der Waals surface area contributed by atoms with Crippen LogP contribution in [0.1, 0.15) is 37.4 Å². The summed E-state index contributed by atoms with van der Waals surface area (Å²) in [6, 6.07) is 9.88. The monoisotopic (exact) mass is 231 g/mol. The van der Waals surface area contributed by atoms with E-state index in [1.165, 1.54) is 17.5 Å². The Kier molecular flexibility index (Phi) is 2.93. The van der Waals surface area contributed by atoms with E-state index in [2.05, 4.69) is 43.4 Å². The molecule has 0 aromatic heterocycles. The first-order valence-corrected chi connectivity index (χ1v) is 6.71. The topological polar surface area (TPSA) is 21.3 Å². The Morgan fingerprint density at radius 3 is 2.82 bits per heavy atom. The van der Waals surface area contributed by atoms with Crippen LogP contribution in [0.3, 0.4) is 0 Å². The SMILES string of the molecule is CC1Cc2ccccc2C1NC1CCOC1C. The molecule has 0 radical (unpaired) electrons. The molecule has 2 aliphatic rings. The van der Waals surface area contributed by atoms with Crippen LogP contribution in [-0.2, 0) is 11.2 Å². The highest BCUT2D eigenvalue weighted by Crippen LogP contribution is 2.36. The largest absolute Gasteiger partial charge is 0.377 e. The number of benzene rings is 1. The van der Waals surface area contributed by atoms with Gasteiger partial charge in [-0.2, -0.15) is 0 Å². The van der Waals surface area contributed by atoms with E-state index in [0.29, 0.717) is 24.1 Å². The van der Waals surface area contributed by atoms with Crippen molar-refractivity contribution in [3.8, 4) is 0 Å². The smallest absolute Gasteiger partial charge is 0.0700 e. The number of rotatable bonds is 2. The van der Waals surface area contributed by atoms with Gasteiger partial charge in [0.05, 0.1) is 6.10 Å². The molecule has 0 bridgehead atoms. The second-order valence-corrected chi connectivity index (χ2v) is 5.50. The Hall–Kier alpha value is -0.860. The first-order valence-electron chi connectivity index (χ1n) is 6.71. The Morgan fingerprint density at radius 1 is 1.24 bits per heavy atom. The van der Waals surface area contributed by atoms with Crippen LogP contribution >= 0.6 is 0 Å². The molecule has 2 nitrogen and oxygen atoms in total. The van der Waals surface area contributed by atoms with Crippen molar-refractivity contribution in [3.63, 3.8) is 0 Å². The molecule has 0 amide bonds. The lowest BCUT2D eigenvalue weighted by Gasteiger charge is -2.25. The van der Waals surface area contributed by atoms with E-state index in [4.69, 9.17) is 4.74 Å². The standard InChI is InChI=1S/C15H21NO/c1-10-9-12-5-3-4-6-13(12)15(10)16-14-7-8-17-11(14)2/h3-6,10-11,14-16H,7-9H2,1-2H3. The number of nitrogens with one attached hydrogen (secondary N) is 1. The van der Waals surface area contributed by atoms with Gasteiger partial charge in [-0.25, -0.2) is 0 Å². The van der Waals surface area contributed by atoms with Gasteiger partial charge in [0.2, 0.25) is 0 Å². The molecule has 1 heterocycles. The fourth-order valence-corrected chi connectivity index (χ4v) is 3.23. The molecule has 1 aromatic carbocycles.